The summed E-state index contributed by atoms with van der Waals surface area (Å²) in [5, 5.41) is 10.7. The number of benzene rings is 3. The van der Waals surface area contributed by atoms with Crippen LogP contribution in [0.5, 0.6) is 11.5 Å². The molecule has 3 aliphatic heterocycles. The normalized spacial score (nSPS) is 23.4. The van der Waals surface area contributed by atoms with Gasteiger partial charge in [0.25, 0.3) is 5.56 Å². The van der Waals surface area contributed by atoms with Gasteiger partial charge in [-0.05, 0) is 72.4 Å². The number of hydrogen-bond donors (Lipinski definition) is 1. The number of likely N-dealkylation sites (tertiary alicyclic amines) is 2. The molecule has 0 aliphatic carbocycles. The second kappa shape index (κ2) is 12.0. The van der Waals surface area contributed by atoms with Gasteiger partial charge in [0.05, 0.1) is 12.1 Å². The number of ether oxygens (including phenoxy) is 1. The first kappa shape index (κ1) is 28.5. The van der Waals surface area contributed by atoms with Gasteiger partial charge in [0.2, 0.25) is 5.91 Å². The number of carbonyl (C=O) groups is 1. The number of aromatic nitrogens is 1. The van der Waals surface area contributed by atoms with Crippen LogP contribution in [0.2, 0.25) is 0 Å². The molecule has 0 unspecified atom stereocenters. The molecule has 4 atom stereocenters. The molecule has 2 fully saturated rings. The van der Waals surface area contributed by atoms with E-state index in [0.717, 1.165) is 41.2 Å². The van der Waals surface area contributed by atoms with Crippen LogP contribution in [0.25, 0.3) is 0 Å². The van der Waals surface area contributed by atoms with Gasteiger partial charge in [-0.3, -0.25) is 14.5 Å². The number of nitrogens with zero attached hydrogens (tertiary/aromatic N) is 3. The van der Waals surface area contributed by atoms with Crippen molar-refractivity contribution in [2.24, 2.45) is 11.8 Å². The van der Waals surface area contributed by atoms with Crippen molar-refractivity contribution in [1.82, 2.24) is 14.4 Å². The van der Waals surface area contributed by atoms with Crippen LogP contribution in [0.3, 0.4) is 0 Å². The Morgan fingerprint density at radius 3 is 2.27 bits per heavy atom. The summed E-state index contributed by atoms with van der Waals surface area (Å²) in [5.41, 5.74) is 2.97. The summed E-state index contributed by atoms with van der Waals surface area (Å²) in [4.78, 5) is 31.3. The van der Waals surface area contributed by atoms with Crippen LogP contribution < -0.4 is 10.3 Å². The lowest BCUT2D eigenvalue weighted by molar-refractivity contribution is -0.139. The average Bonchev–Trinajstić information content (AvgIpc) is 3.58. The van der Waals surface area contributed by atoms with E-state index in [2.05, 4.69) is 4.90 Å². The Hall–Kier alpha value is -4.27. The molecule has 8 heteroatoms. The average molecular weight is 594 g/mol. The smallest absolute Gasteiger partial charge is 0.250 e. The Bertz CT molecular complexity index is 1670. The van der Waals surface area contributed by atoms with Gasteiger partial charge < -0.3 is 19.3 Å². The van der Waals surface area contributed by atoms with E-state index in [0.29, 0.717) is 26.2 Å². The van der Waals surface area contributed by atoms with E-state index in [1.165, 1.54) is 12.1 Å². The maximum atomic E-state index is 14.4. The highest BCUT2D eigenvalue weighted by atomic mass is 19.1. The summed E-state index contributed by atoms with van der Waals surface area (Å²) < 4.78 is 21.3. The van der Waals surface area contributed by atoms with E-state index >= 15 is 0 Å². The van der Waals surface area contributed by atoms with Crippen LogP contribution in [0.1, 0.15) is 41.6 Å². The van der Waals surface area contributed by atoms with Crippen molar-refractivity contribution in [3.05, 3.63) is 130 Å². The van der Waals surface area contributed by atoms with E-state index in [1.807, 2.05) is 77.7 Å². The van der Waals surface area contributed by atoms with E-state index in [9.17, 15) is 19.1 Å². The number of halogens is 1. The minimum atomic E-state index is -0.512. The lowest BCUT2D eigenvalue weighted by Gasteiger charge is -2.38. The zero-order chi connectivity index (χ0) is 30.2. The van der Waals surface area contributed by atoms with Crippen LogP contribution in [0, 0.1) is 17.7 Å². The van der Waals surface area contributed by atoms with Gasteiger partial charge >= 0.3 is 0 Å². The maximum absolute atomic E-state index is 14.4. The molecule has 4 heterocycles. The van der Waals surface area contributed by atoms with Crippen LogP contribution in [0.15, 0.2) is 102 Å². The molecule has 44 heavy (non-hydrogen) atoms. The number of hydrogen-bond acceptors (Lipinski definition) is 5. The number of aliphatic hydroxyl groups excluding tert-OH is 1. The SMILES string of the molecule is O=C([C@@H]1[C@@H](CO)[C@@H]2Cn3c(cccc3=O)[C@@H]2N1Cc1ccc(Oc2ccccc2)cc1)N1CCC(c2ccc(F)cc2)CC1. The third-order valence-corrected chi connectivity index (χ3v) is 9.73. The summed E-state index contributed by atoms with van der Waals surface area (Å²) >= 11 is 0. The predicted octanol–water partition coefficient (Wildman–Crippen LogP) is 5.35. The van der Waals surface area contributed by atoms with Crippen molar-refractivity contribution in [3.8, 4) is 11.5 Å². The fourth-order valence-electron chi connectivity index (χ4n) is 7.57. The van der Waals surface area contributed by atoms with Crippen LogP contribution in [0.4, 0.5) is 4.39 Å². The van der Waals surface area contributed by atoms with Crippen molar-refractivity contribution in [2.45, 2.75) is 43.9 Å². The predicted molar refractivity (Wildman–Crippen MR) is 165 cm³/mol. The van der Waals surface area contributed by atoms with Gasteiger partial charge in [-0.15, -0.1) is 0 Å². The van der Waals surface area contributed by atoms with Crippen molar-refractivity contribution in [3.63, 3.8) is 0 Å². The number of pyridine rings is 1. The molecule has 7 nitrogen and oxygen atoms in total. The summed E-state index contributed by atoms with van der Waals surface area (Å²) in [7, 11) is 0. The van der Waals surface area contributed by atoms with E-state index in [4.69, 9.17) is 4.74 Å². The van der Waals surface area contributed by atoms with Crippen molar-refractivity contribution >= 4 is 5.91 Å². The number of fused-ring (bicyclic) bond motifs is 3. The number of piperidine rings is 1. The molecule has 1 amide bonds. The quantitative estimate of drug-likeness (QED) is 0.313. The Labute approximate surface area is 256 Å². The molecule has 0 spiro atoms. The van der Waals surface area contributed by atoms with Crippen molar-refractivity contribution in [2.75, 3.05) is 19.7 Å². The first-order valence-electron chi connectivity index (χ1n) is 15.4. The summed E-state index contributed by atoms with van der Waals surface area (Å²) in [6.07, 6.45) is 1.61. The van der Waals surface area contributed by atoms with Crippen molar-refractivity contribution in [1.29, 1.82) is 0 Å². The lowest BCUT2D eigenvalue weighted by atomic mass is 9.86. The standard InChI is InChI=1S/C36H36FN3O4/c37-27-13-11-25(12-14-27)26-17-19-38(20-18-26)36(43)35-31(23-41)30-22-39-32(7-4-8-33(39)42)34(30)40(35)21-24-9-15-29(16-10-24)44-28-5-2-1-3-6-28/h1-16,26,30-31,34-35,41H,17-23H2/t30-,31-,34+,35-/m0/s1. The Morgan fingerprint density at radius 1 is 0.864 bits per heavy atom. The minimum Gasteiger partial charge on any atom is -0.457 e. The molecule has 226 valence electrons. The number of para-hydroxylation sites is 1. The summed E-state index contributed by atoms with van der Waals surface area (Å²) in [6.45, 7) is 2.07. The highest BCUT2D eigenvalue weighted by molar-refractivity contribution is 5.83. The molecular formula is C36H36FN3O4. The number of amides is 1. The molecule has 1 N–H and O–H groups in total. The lowest BCUT2D eigenvalue weighted by Crippen LogP contribution is -2.51. The molecule has 1 aromatic heterocycles. The molecular weight excluding hydrogens is 557 g/mol. The largest absolute Gasteiger partial charge is 0.457 e. The topological polar surface area (TPSA) is 75.0 Å². The van der Waals surface area contributed by atoms with Crippen LogP contribution in [-0.4, -0.2) is 51.1 Å². The van der Waals surface area contributed by atoms with Gasteiger partial charge in [0.15, 0.2) is 0 Å². The fourth-order valence-corrected chi connectivity index (χ4v) is 7.57. The summed E-state index contributed by atoms with van der Waals surface area (Å²) in [6, 6.07) is 28.9. The Kier molecular flexibility index (Phi) is 7.78. The first-order valence-corrected chi connectivity index (χ1v) is 15.4. The highest BCUT2D eigenvalue weighted by Crippen LogP contribution is 2.50. The molecule has 0 bridgehead atoms. The second-order valence-electron chi connectivity index (χ2n) is 12.2. The second-order valence-corrected chi connectivity index (χ2v) is 12.2. The zero-order valence-corrected chi connectivity index (χ0v) is 24.5. The molecule has 0 saturated carbocycles. The third-order valence-electron chi connectivity index (χ3n) is 9.73. The van der Waals surface area contributed by atoms with Crippen LogP contribution >= 0.6 is 0 Å². The van der Waals surface area contributed by atoms with Crippen LogP contribution in [-0.2, 0) is 17.9 Å². The molecule has 3 aliphatic rings. The van der Waals surface area contributed by atoms with Gasteiger partial charge in [-0.25, -0.2) is 4.39 Å². The van der Waals surface area contributed by atoms with Gasteiger partial charge in [-0.2, -0.15) is 0 Å². The Balaban J connectivity index is 1.15. The highest BCUT2D eigenvalue weighted by Gasteiger charge is 2.56. The number of aliphatic hydroxyl groups is 1. The van der Waals surface area contributed by atoms with Gasteiger partial charge in [-0.1, -0.05) is 48.5 Å². The molecule has 4 aromatic rings. The number of rotatable bonds is 7. The minimum absolute atomic E-state index is 0.0323. The third kappa shape index (κ3) is 5.33. The van der Waals surface area contributed by atoms with E-state index in [1.54, 1.807) is 16.7 Å². The molecule has 0 radical (unpaired) electrons. The monoisotopic (exact) mass is 593 g/mol. The molecule has 3 aromatic carbocycles. The van der Waals surface area contributed by atoms with E-state index < -0.39 is 6.04 Å². The first-order chi connectivity index (χ1) is 21.5. The molecule has 7 rings (SSSR count). The zero-order valence-electron chi connectivity index (χ0n) is 24.5. The van der Waals surface area contributed by atoms with E-state index in [-0.39, 0.29) is 47.7 Å². The van der Waals surface area contributed by atoms with Gasteiger partial charge in [0.1, 0.15) is 17.3 Å². The van der Waals surface area contributed by atoms with Crippen molar-refractivity contribution < 1.29 is 19.0 Å². The maximum Gasteiger partial charge on any atom is 0.250 e. The van der Waals surface area contributed by atoms with Gasteiger partial charge in [0, 0.05) is 56.4 Å². The molecule has 2 saturated heterocycles. The Morgan fingerprint density at radius 2 is 1.57 bits per heavy atom. The number of carbonyl (C=O) groups excluding carboxylic acids is 1. The fraction of sp³-hybridized carbons (Fsp3) is 0.333. The summed E-state index contributed by atoms with van der Waals surface area (Å²) in [5.74, 6) is 1.19.